The first kappa shape index (κ1) is 20.2. The number of nitrogens with zero attached hydrogens (tertiary/aromatic N) is 3. The van der Waals surface area contributed by atoms with Gasteiger partial charge in [-0.3, -0.25) is 9.53 Å². The maximum atomic E-state index is 12.2. The zero-order valence-electron chi connectivity index (χ0n) is 14.7. The van der Waals surface area contributed by atoms with Crippen molar-refractivity contribution in [1.29, 1.82) is 0 Å². The van der Waals surface area contributed by atoms with Gasteiger partial charge in [-0.1, -0.05) is 37.5 Å². The largest absolute Gasteiger partial charge is 0.351 e. The summed E-state index contributed by atoms with van der Waals surface area (Å²) in [6, 6.07) is -0.325. The van der Waals surface area contributed by atoms with E-state index in [0.29, 0.717) is 35.0 Å². The Kier molecular flexibility index (Phi) is 8.73. The molecule has 2 rings (SSSR count). The third-order valence-electron chi connectivity index (χ3n) is 3.66. The van der Waals surface area contributed by atoms with Crippen molar-refractivity contribution in [3.8, 4) is 0 Å². The molecule has 1 N–H and O–H groups in total. The minimum Gasteiger partial charge on any atom is -0.351 e. The summed E-state index contributed by atoms with van der Waals surface area (Å²) in [5.41, 5.74) is 0. The summed E-state index contributed by atoms with van der Waals surface area (Å²) in [4.78, 5) is 13.6. The van der Waals surface area contributed by atoms with E-state index in [1.165, 1.54) is 4.90 Å². The average Bonchev–Trinajstić information content (AvgIpc) is 3.08. The Hall–Kier alpha value is -1.10. The van der Waals surface area contributed by atoms with E-state index in [4.69, 9.17) is 9.47 Å². The lowest BCUT2D eigenvalue weighted by Gasteiger charge is -2.27. The highest BCUT2D eigenvalue weighted by Crippen LogP contribution is 2.20. The van der Waals surface area contributed by atoms with Gasteiger partial charge in [0.1, 0.15) is 0 Å². The molecular weight excluding hydrogens is 364 g/mol. The molecule has 1 aromatic heterocycles. The molecule has 1 saturated heterocycles. The summed E-state index contributed by atoms with van der Waals surface area (Å²) < 4.78 is 23.5. The number of amides is 2. The first-order valence-corrected chi connectivity index (χ1v) is 10.7. The molecule has 0 radical (unpaired) electrons. The molecule has 2 amide bonds. The topological polar surface area (TPSA) is 93.7 Å². The molecule has 0 aliphatic carbocycles. The Bertz CT molecular complexity index is 563. The first-order valence-electron chi connectivity index (χ1n) is 8.57. The van der Waals surface area contributed by atoms with Gasteiger partial charge in [-0.2, -0.15) is 0 Å². The Balaban J connectivity index is 1.77. The van der Waals surface area contributed by atoms with Crippen molar-refractivity contribution in [2.45, 2.75) is 49.7 Å². The van der Waals surface area contributed by atoms with Gasteiger partial charge in [0.05, 0.1) is 30.6 Å². The average molecular weight is 391 g/mol. The minimum absolute atomic E-state index is 0.325. The van der Waals surface area contributed by atoms with Gasteiger partial charge in [-0.25, -0.2) is 4.79 Å². The number of nitrogens with one attached hydrogen (secondary N) is 1. The van der Waals surface area contributed by atoms with Crippen molar-refractivity contribution in [3.63, 3.8) is 0 Å². The summed E-state index contributed by atoms with van der Waals surface area (Å²) in [7, 11) is 0.500. The molecule has 0 spiro atoms. The van der Waals surface area contributed by atoms with E-state index in [-0.39, 0.29) is 6.03 Å². The maximum absolute atomic E-state index is 12.2. The van der Waals surface area contributed by atoms with E-state index in [9.17, 15) is 9.00 Å². The van der Waals surface area contributed by atoms with Crippen molar-refractivity contribution >= 4 is 33.3 Å². The Morgan fingerprint density at radius 3 is 2.80 bits per heavy atom. The van der Waals surface area contributed by atoms with E-state index >= 15 is 0 Å². The molecular formula is C15H26N4O4S2. The molecule has 1 aliphatic rings. The van der Waals surface area contributed by atoms with Crippen molar-refractivity contribution in [3.05, 3.63) is 0 Å². The van der Waals surface area contributed by atoms with E-state index in [1.807, 2.05) is 0 Å². The summed E-state index contributed by atoms with van der Waals surface area (Å²) in [6.07, 6.45) is 4.74. The van der Waals surface area contributed by atoms with E-state index in [0.717, 1.165) is 43.4 Å². The van der Waals surface area contributed by atoms with Crippen LogP contribution >= 0.6 is 11.3 Å². The van der Waals surface area contributed by atoms with Gasteiger partial charge < -0.3 is 14.4 Å². The molecule has 1 aromatic rings. The fourth-order valence-corrected chi connectivity index (χ4v) is 4.33. The number of aromatic nitrogens is 2. The molecule has 1 fully saturated rings. The standard InChI is InChI=1S/C15H26N4O4S2/c1-3-4-5-6-10-25(21)15-18-17-13(24-15)16-14(20)19(2)11-12-22-8-7-9-23-12/h12H,3-11H2,1-2H3,(H,16,17,20). The molecule has 8 nitrogen and oxygen atoms in total. The van der Waals surface area contributed by atoms with Gasteiger partial charge in [0.25, 0.3) is 0 Å². The van der Waals surface area contributed by atoms with Crippen molar-refractivity contribution < 1.29 is 18.5 Å². The van der Waals surface area contributed by atoms with Crippen LogP contribution in [0.3, 0.4) is 0 Å². The molecule has 1 atom stereocenters. The van der Waals surface area contributed by atoms with Crippen LogP contribution in [0, 0.1) is 0 Å². The molecule has 25 heavy (non-hydrogen) atoms. The van der Waals surface area contributed by atoms with Gasteiger partial charge in [-0.15, -0.1) is 10.2 Å². The highest BCUT2D eigenvalue weighted by Gasteiger charge is 2.20. The number of ether oxygens (including phenoxy) is 2. The third kappa shape index (κ3) is 6.96. The van der Waals surface area contributed by atoms with Crippen molar-refractivity contribution in [2.75, 3.05) is 37.9 Å². The minimum atomic E-state index is -1.16. The van der Waals surface area contributed by atoms with Crippen LogP contribution in [0.1, 0.15) is 39.0 Å². The normalized spacial score (nSPS) is 16.6. The van der Waals surface area contributed by atoms with Crippen LogP contribution < -0.4 is 5.32 Å². The third-order valence-corrected chi connectivity index (χ3v) is 6.24. The van der Waals surface area contributed by atoms with Crippen LogP contribution in [0.15, 0.2) is 4.34 Å². The van der Waals surface area contributed by atoms with Crippen LogP contribution in [-0.4, -0.2) is 64.2 Å². The van der Waals surface area contributed by atoms with E-state index < -0.39 is 17.1 Å². The lowest BCUT2D eigenvalue weighted by molar-refractivity contribution is -0.181. The lowest BCUT2D eigenvalue weighted by atomic mass is 10.2. The molecule has 142 valence electrons. The molecule has 0 saturated carbocycles. The number of carbonyl (C=O) groups excluding carboxylic acids is 1. The second-order valence-electron chi connectivity index (χ2n) is 5.82. The predicted octanol–water partition coefficient (Wildman–Crippen LogP) is 2.45. The van der Waals surface area contributed by atoms with Crippen LogP contribution in [0.25, 0.3) is 0 Å². The fourth-order valence-electron chi connectivity index (χ4n) is 2.23. The highest BCUT2D eigenvalue weighted by molar-refractivity contribution is 7.87. The zero-order chi connectivity index (χ0) is 18.1. The molecule has 1 aliphatic heterocycles. The van der Waals surface area contributed by atoms with Gasteiger partial charge in [0.2, 0.25) is 9.47 Å². The maximum Gasteiger partial charge on any atom is 0.323 e. The summed E-state index contributed by atoms with van der Waals surface area (Å²) >= 11 is 1.15. The van der Waals surface area contributed by atoms with Crippen LogP contribution in [0.5, 0.6) is 0 Å². The number of hydrogen-bond donors (Lipinski definition) is 1. The van der Waals surface area contributed by atoms with Gasteiger partial charge in [0.15, 0.2) is 6.29 Å². The molecule has 0 aromatic carbocycles. The van der Waals surface area contributed by atoms with Gasteiger partial charge >= 0.3 is 6.03 Å². The second-order valence-corrected chi connectivity index (χ2v) is 8.54. The quantitative estimate of drug-likeness (QED) is 0.514. The number of carbonyl (C=O) groups is 1. The number of anilines is 1. The summed E-state index contributed by atoms with van der Waals surface area (Å²) in [5.74, 6) is 0.582. The zero-order valence-corrected chi connectivity index (χ0v) is 16.4. The number of likely N-dealkylation sites (N-methyl/N-ethyl adjacent to an activating group) is 1. The summed E-state index contributed by atoms with van der Waals surface area (Å²) in [6.45, 7) is 3.76. The monoisotopic (exact) mass is 390 g/mol. The Morgan fingerprint density at radius 2 is 2.08 bits per heavy atom. The first-order chi connectivity index (χ1) is 12.1. The van der Waals surface area contributed by atoms with E-state index in [2.05, 4.69) is 22.4 Å². The van der Waals surface area contributed by atoms with E-state index in [1.54, 1.807) is 7.05 Å². The second kappa shape index (κ2) is 10.8. The predicted molar refractivity (Wildman–Crippen MR) is 97.3 cm³/mol. The van der Waals surface area contributed by atoms with Crippen LogP contribution in [0.2, 0.25) is 0 Å². The van der Waals surface area contributed by atoms with Crippen LogP contribution in [0.4, 0.5) is 9.93 Å². The fraction of sp³-hybridized carbons (Fsp3) is 0.800. The SMILES string of the molecule is CCCCCCS(=O)c1nnc(NC(=O)N(C)CC2OCCCO2)s1. The number of hydrogen-bond acceptors (Lipinski definition) is 7. The lowest BCUT2D eigenvalue weighted by Crippen LogP contribution is -2.41. The number of rotatable bonds is 9. The molecule has 0 bridgehead atoms. The van der Waals surface area contributed by atoms with Crippen molar-refractivity contribution in [1.82, 2.24) is 15.1 Å². The summed E-state index contributed by atoms with van der Waals surface area (Å²) in [5, 5.41) is 10.8. The highest BCUT2D eigenvalue weighted by atomic mass is 32.2. The number of urea groups is 1. The Labute approximate surface area is 154 Å². The van der Waals surface area contributed by atoms with Gasteiger partial charge in [0, 0.05) is 12.8 Å². The van der Waals surface area contributed by atoms with Gasteiger partial charge in [-0.05, 0) is 12.8 Å². The smallest absolute Gasteiger partial charge is 0.323 e. The Morgan fingerprint density at radius 1 is 1.32 bits per heavy atom. The molecule has 10 heteroatoms. The number of unbranched alkanes of at least 4 members (excludes halogenated alkanes) is 3. The van der Waals surface area contributed by atoms with Crippen LogP contribution in [-0.2, 0) is 20.3 Å². The molecule has 2 heterocycles. The van der Waals surface area contributed by atoms with Crippen molar-refractivity contribution in [2.24, 2.45) is 0 Å². The molecule has 1 unspecified atom stereocenters.